The van der Waals surface area contributed by atoms with Crippen LogP contribution in [-0.4, -0.2) is 70.4 Å². The summed E-state index contributed by atoms with van der Waals surface area (Å²) in [6.07, 6.45) is -0.213. The van der Waals surface area contributed by atoms with Crippen molar-refractivity contribution < 1.29 is 57.5 Å². The van der Waals surface area contributed by atoms with Crippen LogP contribution in [0.25, 0.3) is 0 Å². The van der Waals surface area contributed by atoms with E-state index >= 15 is 0 Å². The molecule has 12 nitrogen and oxygen atoms in total. The van der Waals surface area contributed by atoms with Gasteiger partial charge in [-0.15, -0.1) is 0 Å². The molecule has 2 saturated carbocycles. The lowest BCUT2D eigenvalue weighted by atomic mass is 9.35. The number of furan rings is 1. The Balaban J connectivity index is 1.64. The fraction of sp³-hybridized carbons (Fsp3) is 0.771. The highest BCUT2D eigenvalue weighted by Gasteiger charge is 2.96. The van der Waals surface area contributed by atoms with Crippen LogP contribution in [0.5, 0.6) is 0 Å². The molecule has 47 heavy (non-hydrogen) atoms. The van der Waals surface area contributed by atoms with E-state index in [0.717, 1.165) is 0 Å². The van der Waals surface area contributed by atoms with Crippen molar-refractivity contribution in [1.29, 1.82) is 0 Å². The van der Waals surface area contributed by atoms with Gasteiger partial charge in [-0.05, 0) is 24.8 Å². The zero-order valence-corrected chi connectivity index (χ0v) is 28.7. The van der Waals surface area contributed by atoms with Crippen molar-refractivity contribution in [3.05, 3.63) is 24.2 Å². The van der Waals surface area contributed by atoms with Crippen LogP contribution in [-0.2, 0) is 42.9 Å². The Morgan fingerprint density at radius 1 is 0.979 bits per heavy atom. The van der Waals surface area contributed by atoms with Crippen LogP contribution < -0.4 is 0 Å². The van der Waals surface area contributed by atoms with Crippen molar-refractivity contribution in [2.24, 2.45) is 45.8 Å². The molecule has 6 rings (SSSR count). The molecule has 5 fully saturated rings. The van der Waals surface area contributed by atoms with Crippen molar-refractivity contribution in [2.75, 3.05) is 7.11 Å². The molecule has 12 heteroatoms. The molecule has 0 amide bonds. The van der Waals surface area contributed by atoms with Gasteiger partial charge in [0.1, 0.15) is 17.8 Å². The third kappa shape index (κ3) is 4.03. The monoisotopic (exact) mass is 660 g/mol. The molecule has 0 unspecified atom stereocenters. The second-order valence-corrected chi connectivity index (χ2v) is 16.1. The van der Waals surface area contributed by atoms with Gasteiger partial charge in [0.15, 0.2) is 11.7 Å². The molecule has 2 aliphatic carbocycles. The number of hydrogen-bond acceptors (Lipinski definition) is 12. The summed E-state index contributed by atoms with van der Waals surface area (Å²) in [5.74, 6) is -8.22. The van der Waals surface area contributed by atoms with Crippen molar-refractivity contribution in [3.63, 3.8) is 0 Å². The predicted octanol–water partition coefficient (Wildman–Crippen LogP) is 3.86. The molecule has 1 aromatic rings. The van der Waals surface area contributed by atoms with Crippen LogP contribution in [0.2, 0.25) is 0 Å². The van der Waals surface area contributed by atoms with Gasteiger partial charge in [-0.3, -0.25) is 19.2 Å². The summed E-state index contributed by atoms with van der Waals surface area (Å²) in [5, 5.41) is 26.5. The second-order valence-electron chi connectivity index (χ2n) is 16.1. The maximum Gasteiger partial charge on any atom is 0.308 e. The summed E-state index contributed by atoms with van der Waals surface area (Å²) in [6, 6.07) is 1.73. The lowest BCUT2D eigenvalue weighted by molar-refractivity contribution is -0.386. The van der Waals surface area contributed by atoms with E-state index in [4.69, 9.17) is 28.1 Å². The van der Waals surface area contributed by atoms with E-state index in [0.29, 0.717) is 18.4 Å². The molecule has 11 atom stereocenters. The van der Waals surface area contributed by atoms with E-state index in [1.165, 1.54) is 19.6 Å². The molecule has 3 aliphatic heterocycles. The lowest BCUT2D eigenvalue weighted by Gasteiger charge is -2.70. The first-order valence-electron chi connectivity index (χ1n) is 16.6. The van der Waals surface area contributed by atoms with Gasteiger partial charge in [0.05, 0.1) is 37.9 Å². The molecule has 4 heterocycles. The Morgan fingerprint density at radius 3 is 2.15 bits per heavy atom. The Labute approximate surface area is 274 Å². The van der Waals surface area contributed by atoms with E-state index in [-0.39, 0.29) is 12.8 Å². The first-order chi connectivity index (χ1) is 21.8. The van der Waals surface area contributed by atoms with Crippen LogP contribution in [0.3, 0.4) is 0 Å². The minimum absolute atomic E-state index is 0.152. The molecular formula is C35H48O12. The van der Waals surface area contributed by atoms with Gasteiger partial charge in [-0.25, -0.2) is 0 Å². The number of fused-ring (bicyclic) bond motifs is 2. The first-order valence-corrected chi connectivity index (χ1v) is 16.6. The lowest BCUT2D eigenvalue weighted by Crippen LogP contribution is -2.85. The zero-order chi connectivity index (χ0) is 34.7. The van der Waals surface area contributed by atoms with Crippen molar-refractivity contribution in [3.8, 4) is 0 Å². The molecule has 260 valence electrons. The third-order valence-corrected chi connectivity index (χ3v) is 12.8. The van der Waals surface area contributed by atoms with E-state index in [9.17, 15) is 29.4 Å². The fourth-order valence-corrected chi connectivity index (χ4v) is 10.6. The largest absolute Gasteiger partial charge is 0.472 e. The van der Waals surface area contributed by atoms with Crippen molar-refractivity contribution in [2.45, 2.75) is 116 Å². The predicted molar refractivity (Wildman–Crippen MR) is 162 cm³/mol. The number of hydrogen-bond donors (Lipinski definition) is 2. The highest BCUT2D eigenvalue weighted by molar-refractivity contribution is 5.75. The number of ether oxygens (including phenoxy) is 5. The average molecular weight is 661 g/mol. The van der Waals surface area contributed by atoms with Crippen LogP contribution in [0, 0.1) is 45.8 Å². The summed E-state index contributed by atoms with van der Waals surface area (Å²) in [4.78, 5) is 53.6. The fourth-order valence-electron chi connectivity index (χ4n) is 10.6. The molecule has 2 bridgehead atoms. The Kier molecular flexibility index (Phi) is 7.59. The summed E-state index contributed by atoms with van der Waals surface area (Å²) in [5.41, 5.74) is -6.89. The van der Waals surface area contributed by atoms with Gasteiger partial charge in [0, 0.05) is 40.1 Å². The number of methoxy groups -OCH3 is 1. The molecule has 5 aliphatic rings. The molecule has 1 spiro atoms. The van der Waals surface area contributed by atoms with Gasteiger partial charge in [-0.1, -0.05) is 55.4 Å². The van der Waals surface area contributed by atoms with Crippen LogP contribution >= 0.6 is 0 Å². The van der Waals surface area contributed by atoms with Crippen molar-refractivity contribution in [1.82, 2.24) is 0 Å². The minimum atomic E-state index is -2.51. The molecule has 1 aromatic heterocycles. The highest BCUT2D eigenvalue weighted by atomic mass is 16.7. The molecule has 2 N–H and O–H groups in total. The number of rotatable bonds is 7. The second kappa shape index (κ2) is 10.5. The van der Waals surface area contributed by atoms with E-state index < -0.39 is 105 Å². The van der Waals surface area contributed by atoms with Crippen LogP contribution in [0.1, 0.15) is 92.7 Å². The SMILES string of the molecule is COC(=O)C[C@H]1C(C)(C)[C@H](OC(=O)C(C)C)[C@]2(O)[C@@H](OC(=O)C(C)C)[C@@]34O[C@]2(O)[C@]1(C)[C@H]3CC[C@]1(C)[C@H]4CC(=O)O[C@H]1c1ccoc1. The summed E-state index contributed by atoms with van der Waals surface area (Å²) in [6.45, 7) is 13.9. The molecular weight excluding hydrogens is 612 g/mol. The van der Waals surface area contributed by atoms with Gasteiger partial charge < -0.3 is 38.3 Å². The quantitative estimate of drug-likeness (QED) is 0.321. The molecule has 0 radical (unpaired) electrons. The molecule has 3 saturated heterocycles. The summed E-state index contributed by atoms with van der Waals surface area (Å²) in [7, 11) is 1.28. The van der Waals surface area contributed by atoms with Gasteiger partial charge in [0.25, 0.3) is 0 Å². The van der Waals surface area contributed by atoms with Crippen LogP contribution in [0.4, 0.5) is 0 Å². The topological polar surface area (TPSA) is 168 Å². The summed E-state index contributed by atoms with van der Waals surface area (Å²) < 4.78 is 35.9. The molecule has 0 aromatic carbocycles. The van der Waals surface area contributed by atoms with Gasteiger partial charge in [0.2, 0.25) is 5.79 Å². The maximum atomic E-state index is 13.6. The summed E-state index contributed by atoms with van der Waals surface area (Å²) >= 11 is 0. The average Bonchev–Trinajstić information content (AvgIpc) is 3.65. The normalized spacial score (nSPS) is 44.4. The number of carbonyl (C=O) groups is 4. The van der Waals surface area contributed by atoms with Gasteiger partial charge in [-0.2, -0.15) is 0 Å². The standard InChI is InChI=1S/C35H48O12/c1-17(2)26(38)45-28-30(5,6)21(14-23(36)42-9)32(8)20-10-12-31(7)22(15-24(37)44-25(31)19-11-13-43-16-19)33(20)29(46-27(39)18(3)4)34(28,40)35(32,41)47-33/h11,13,16-18,20-22,25,28-29,40-41H,10,12,14-15H2,1-9H3/t20-,21+,22-,25+,28+,29+,31-,32-,33-,34+,35-/m1/s1. The maximum absolute atomic E-state index is 13.6. The third-order valence-electron chi connectivity index (χ3n) is 12.8. The highest BCUT2D eigenvalue weighted by Crippen LogP contribution is 2.82. The smallest absolute Gasteiger partial charge is 0.308 e. The number of aliphatic hydroxyl groups is 2. The minimum Gasteiger partial charge on any atom is -0.472 e. The number of esters is 4. The zero-order valence-electron chi connectivity index (χ0n) is 28.7. The number of cyclic esters (lactones) is 1. The van der Waals surface area contributed by atoms with Crippen LogP contribution in [0.15, 0.2) is 23.0 Å². The number of carbonyl (C=O) groups excluding carboxylic acids is 4. The Bertz CT molecular complexity index is 1470. The van der Waals surface area contributed by atoms with E-state index in [1.54, 1.807) is 54.5 Å². The van der Waals surface area contributed by atoms with E-state index in [2.05, 4.69) is 0 Å². The van der Waals surface area contributed by atoms with Gasteiger partial charge >= 0.3 is 23.9 Å². The Hall–Kier alpha value is -2.96. The first kappa shape index (κ1) is 33.9. The van der Waals surface area contributed by atoms with E-state index in [1.807, 2.05) is 6.92 Å². The Morgan fingerprint density at radius 2 is 1.60 bits per heavy atom. The van der Waals surface area contributed by atoms with Crippen molar-refractivity contribution >= 4 is 23.9 Å².